The zero-order valence-corrected chi connectivity index (χ0v) is 13.2. The molecule has 0 heterocycles. The Morgan fingerprint density at radius 3 is 2.04 bits per heavy atom. The van der Waals surface area contributed by atoms with Crippen LogP contribution in [-0.4, -0.2) is 5.78 Å². The van der Waals surface area contributed by atoms with Gasteiger partial charge in [0.15, 0.2) is 5.78 Å². The quantitative estimate of drug-likeness (QED) is 0.607. The Bertz CT molecular complexity index is 778. The van der Waals surface area contributed by atoms with Crippen LogP contribution in [0.5, 0.6) is 5.75 Å². The molecule has 0 fully saturated rings. The number of hydrogen-bond acceptors (Lipinski definition) is 2. The molecule has 0 spiro atoms. The van der Waals surface area contributed by atoms with Gasteiger partial charge >= 0.3 is 0 Å². The number of carbonyl (C=O) groups is 1. The minimum absolute atomic E-state index is 0.00912. The number of ketones is 1. The number of ether oxygens (including phenoxy) is 1. The molecular weight excluding hydrogens is 308 g/mol. The maximum atomic E-state index is 12.3. The lowest BCUT2D eigenvalue weighted by Crippen LogP contribution is -2.01. The lowest BCUT2D eigenvalue weighted by atomic mass is 10.0. The highest BCUT2D eigenvalue weighted by Crippen LogP contribution is 2.17. The molecule has 3 aromatic rings. The third kappa shape index (κ3) is 3.99. The summed E-state index contributed by atoms with van der Waals surface area (Å²) in [6.07, 6.45) is 0. The van der Waals surface area contributed by atoms with Crippen LogP contribution in [0, 0.1) is 0 Å². The van der Waals surface area contributed by atoms with E-state index in [1.165, 1.54) is 0 Å². The Morgan fingerprint density at radius 1 is 0.783 bits per heavy atom. The van der Waals surface area contributed by atoms with E-state index in [1.54, 1.807) is 12.1 Å². The highest BCUT2D eigenvalue weighted by molar-refractivity contribution is 6.30. The van der Waals surface area contributed by atoms with E-state index < -0.39 is 0 Å². The number of benzene rings is 3. The van der Waals surface area contributed by atoms with Crippen LogP contribution in [0.1, 0.15) is 21.5 Å². The molecule has 2 nitrogen and oxygen atoms in total. The van der Waals surface area contributed by atoms with Crippen LogP contribution in [-0.2, 0) is 6.61 Å². The molecule has 0 saturated carbocycles. The summed E-state index contributed by atoms with van der Waals surface area (Å²) in [5.74, 6) is 0.736. The molecule has 3 rings (SSSR count). The van der Waals surface area contributed by atoms with E-state index in [1.807, 2.05) is 66.7 Å². The van der Waals surface area contributed by atoms with Crippen molar-refractivity contribution in [2.75, 3.05) is 0 Å². The molecule has 0 N–H and O–H groups in total. The largest absolute Gasteiger partial charge is 0.489 e. The SMILES string of the molecule is O=C(c1ccccc1)c1ccc(OCc2ccc(Cl)cc2)cc1. The fourth-order valence-corrected chi connectivity index (χ4v) is 2.33. The van der Waals surface area contributed by atoms with Crippen LogP contribution < -0.4 is 4.74 Å². The summed E-state index contributed by atoms with van der Waals surface area (Å²) in [7, 11) is 0. The third-order valence-electron chi connectivity index (χ3n) is 3.47. The van der Waals surface area contributed by atoms with E-state index >= 15 is 0 Å². The second-order valence-corrected chi connectivity index (χ2v) is 5.57. The topological polar surface area (TPSA) is 26.3 Å². The molecule has 0 aromatic heterocycles. The fraction of sp³-hybridized carbons (Fsp3) is 0.0500. The van der Waals surface area contributed by atoms with Crippen molar-refractivity contribution in [3.8, 4) is 5.75 Å². The summed E-state index contributed by atoms with van der Waals surface area (Å²) >= 11 is 5.85. The third-order valence-corrected chi connectivity index (χ3v) is 3.72. The van der Waals surface area contributed by atoms with Gasteiger partial charge in [0.25, 0.3) is 0 Å². The van der Waals surface area contributed by atoms with E-state index in [-0.39, 0.29) is 5.78 Å². The molecule has 0 amide bonds. The van der Waals surface area contributed by atoms with Crippen LogP contribution in [0.4, 0.5) is 0 Å². The first-order chi connectivity index (χ1) is 11.2. The van der Waals surface area contributed by atoms with Gasteiger partial charge in [-0.1, -0.05) is 54.1 Å². The fourth-order valence-electron chi connectivity index (χ4n) is 2.21. The molecule has 114 valence electrons. The van der Waals surface area contributed by atoms with Gasteiger partial charge in [0.2, 0.25) is 0 Å². The molecule has 3 aromatic carbocycles. The lowest BCUT2D eigenvalue weighted by Gasteiger charge is -2.07. The van der Waals surface area contributed by atoms with E-state index in [4.69, 9.17) is 16.3 Å². The molecule has 0 saturated heterocycles. The van der Waals surface area contributed by atoms with Crippen LogP contribution in [0.3, 0.4) is 0 Å². The average Bonchev–Trinajstić information content (AvgIpc) is 2.62. The molecule has 0 aliphatic rings. The minimum Gasteiger partial charge on any atom is -0.489 e. The molecule has 0 atom stereocenters. The van der Waals surface area contributed by atoms with E-state index in [9.17, 15) is 4.79 Å². The summed E-state index contributed by atoms with van der Waals surface area (Å²) in [5, 5.41) is 0.706. The zero-order chi connectivity index (χ0) is 16.1. The summed E-state index contributed by atoms with van der Waals surface area (Å²) in [6.45, 7) is 0.461. The van der Waals surface area contributed by atoms with E-state index in [2.05, 4.69) is 0 Å². The Balaban J connectivity index is 1.65. The molecule has 0 radical (unpaired) electrons. The highest BCUT2D eigenvalue weighted by Gasteiger charge is 2.08. The molecule has 0 bridgehead atoms. The van der Waals surface area contributed by atoms with Crippen LogP contribution >= 0.6 is 11.6 Å². The lowest BCUT2D eigenvalue weighted by molar-refractivity contribution is 0.103. The van der Waals surface area contributed by atoms with Gasteiger partial charge in [0.1, 0.15) is 12.4 Å². The van der Waals surface area contributed by atoms with Gasteiger partial charge in [-0.25, -0.2) is 0 Å². The first kappa shape index (κ1) is 15.3. The van der Waals surface area contributed by atoms with Crippen LogP contribution in [0.25, 0.3) is 0 Å². The predicted molar refractivity (Wildman–Crippen MR) is 92.1 cm³/mol. The van der Waals surface area contributed by atoms with Crippen LogP contribution in [0.15, 0.2) is 78.9 Å². The van der Waals surface area contributed by atoms with Gasteiger partial charge < -0.3 is 4.74 Å². The second-order valence-electron chi connectivity index (χ2n) is 5.13. The standard InChI is InChI=1S/C20H15ClO2/c21-18-10-6-15(7-11-18)14-23-19-12-8-17(9-13-19)20(22)16-4-2-1-3-5-16/h1-13H,14H2. The Morgan fingerprint density at radius 2 is 1.39 bits per heavy atom. The average molecular weight is 323 g/mol. The summed E-state index contributed by atoms with van der Waals surface area (Å²) < 4.78 is 5.72. The summed E-state index contributed by atoms with van der Waals surface area (Å²) in [4.78, 5) is 12.3. The highest BCUT2D eigenvalue weighted by atomic mass is 35.5. The Hall–Kier alpha value is -2.58. The molecule has 23 heavy (non-hydrogen) atoms. The van der Waals surface area contributed by atoms with Gasteiger partial charge in [0.05, 0.1) is 0 Å². The predicted octanol–water partition coefficient (Wildman–Crippen LogP) is 5.15. The maximum absolute atomic E-state index is 12.3. The first-order valence-corrected chi connectivity index (χ1v) is 7.67. The number of carbonyl (C=O) groups excluding carboxylic acids is 1. The number of halogens is 1. The van der Waals surface area contributed by atoms with Gasteiger partial charge in [-0.3, -0.25) is 4.79 Å². The van der Waals surface area contributed by atoms with Gasteiger partial charge in [-0.2, -0.15) is 0 Å². The Labute approximate surface area is 140 Å². The molecule has 0 unspecified atom stereocenters. The van der Waals surface area contributed by atoms with Crippen molar-refractivity contribution in [2.24, 2.45) is 0 Å². The van der Waals surface area contributed by atoms with E-state index in [0.717, 1.165) is 11.3 Å². The van der Waals surface area contributed by atoms with Crippen molar-refractivity contribution in [1.82, 2.24) is 0 Å². The van der Waals surface area contributed by atoms with Gasteiger partial charge in [-0.05, 0) is 42.0 Å². The molecule has 0 aliphatic heterocycles. The maximum Gasteiger partial charge on any atom is 0.193 e. The zero-order valence-electron chi connectivity index (χ0n) is 12.4. The summed E-state index contributed by atoms with van der Waals surface area (Å²) in [5.41, 5.74) is 2.37. The molecule has 3 heteroatoms. The normalized spacial score (nSPS) is 10.3. The van der Waals surface area contributed by atoms with Gasteiger partial charge in [0, 0.05) is 16.1 Å². The van der Waals surface area contributed by atoms with Crippen molar-refractivity contribution in [3.63, 3.8) is 0 Å². The van der Waals surface area contributed by atoms with E-state index in [0.29, 0.717) is 22.8 Å². The van der Waals surface area contributed by atoms with Crippen molar-refractivity contribution >= 4 is 17.4 Å². The number of rotatable bonds is 5. The smallest absolute Gasteiger partial charge is 0.193 e. The van der Waals surface area contributed by atoms with Gasteiger partial charge in [-0.15, -0.1) is 0 Å². The van der Waals surface area contributed by atoms with Crippen molar-refractivity contribution in [3.05, 3.63) is 101 Å². The Kier molecular flexibility index (Phi) is 4.74. The van der Waals surface area contributed by atoms with Crippen molar-refractivity contribution < 1.29 is 9.53 Å². The minimum atomic E-state index is 0.00912. The van der Waals surface area contributed by atoms with Crippen molar-refractivity contribution in [1.29, 1.82) is 0 Å². The molecular formula is C20H15ClO2. The number of hydrogen-bond donors (Lipinski definition) is 0. The molecule has 0 aliphatic carbocycles. The van der Waals surface area contributed by atoms with Crippen molar-refractivity contribution in [2.45, 2.75) is 6.61 Å². The monoisotopic (exact) mass is 322 g/mol. The summed E-state index contributed by atoms with van der Waals surface area (Å²) in [6, 6.07) is 23.9. The second kappa shape index (κ2) is 7.12. The van der Waals surface area contributed by atoms with Crippen LogP contribution in [0.2, 0.25) is 5.02 Å². The first-order valence-electron chi connectivity index (χ1n) is 7.29.